The Kier molecular flexibility index (Phi) is 10.8. The van der Waals surface area contributed by atoms with Crippen LogP contribution in [-0.4, -0.2) is 71.5 Å². The quantitative estimate of drug-likeness (QED) is 0.0969. The zero-order chi connectivity index (χ0) is 36.4. The van der Waals surface area contributed by atoms with Gasteiger partial charge in [-0.2, -0.15) is 0 Å². The molecule has 50 heavy (non-hydrogen) atoms. The van der Waals surface area contributed by atoms with E-state index in [0.29, 0.717) is 43.2 Å². The summed E-state index contributed by atoms with van der Waals surface area (Å²) in [4.78, 5) is 64.8. The lowest BCUT2D eigenvalue weighted by Gasteiger charge is -2.61. The van der Waals surface area contributed by atoms with Gasteiger partial charge in [0.1, 0.15) is 11.8 Å². The zero-order valence-corrected chi connectivity index (χ0v) is 28.5. The van der Waals surface area contributed by atoms with Crippen LogP contribution in [0.3, 0.4) is 0 Å². The van der Waals surface area contributed by atoms with Crippen molar-refractivity contribution in [1.82, 2.24) is 0 Å². The molecule has 272 valence electrons. The summed E-state index contributed by atoms with van der Waals surface area (Å²) in [5, 5.41) is 20.7. The molecule has 0 amide bonds. The van der Waals surface area contributed by atoms with E-state index in [1.54, 1.807) is 25.1 Å². The van der Waals surface area contributed by atoms with Gasteiger partial charge in [0.2, 0.25) is 0 Å². The van der Waals surface area contributed by atoms with Crippen LogP contribution in [-0.2, 0) is 35.1 Å². The maximum absolute atomic E-state index is 17.3. The SMILES string of the molecule is C[C@H]1CC2C3CCC4=CC(=O)C=C[C@]4(C)[C@@]3(F)[C@@H](O)C[C@@]2(C)C1C(=O)COC(=O)Oc1ccc(C[C@H](N)C(=O)OCCCCO[N+](=O)[O-])cc1. The highest BCUT2D eigenvalue weighted by atomic mass is 19.1. The number of carbonyl (C=O) groups excluding carboxylic acids is 4. The second-order valence-corrected chi connectivity index (χ2v) is 14.5. The summed E-state index contributed by atoms with van der Waals surface area (Å²) in [6, 6.07) is 5.25. The number of allylic oxidation sites excluding steroid dienone is 4. The van der Waals surface area contributed by atoms with Crippen LogP contribution < -0.4 is 10.5 Å². The molecule has 3 N–H and O–H groups in total. The number of ketones is 2. The minimum atomic E-state index is -1.99. The van der Waals surface area contributed by atoms with Crippen molar-refractivity contribution in [2.45, 2.75) is 83.5 Å². The lowest BCUT2D eigenvalue weighted by atomic mass is 9.45. The lowest BCUT2D eigenvalue weighted by molar-refractivity contribution is -0.757. The van der Waals surface area contributed by atoms with Crippen LogP contribution >= 0.6 is 0 Å². The molecule has 3 unspecified atom stereocenters. The Labute approximate surface area is 289 Å². The van der Waals surface area contributed by atoms with Crippen molar-refractivity contribution < 1.29 is 52.8 Å². The summed E-state index contributed by atoms with van der Waals surface area (Å²) in [7, 11) is 0. The van der Waals surface area contributed by atoms with Gasteiger partial charge in [-0.1, -0.05) is 37.6 Å². The van der Waals surface area contributed by atoms with Crippen LogP contribution in [0.5, 0.6) is 5.75 Å². The van der Waals surface area contributed by atoms with E-state index in [4.69, 9.17) is 19.9 Å². The zero-order valence-electron chi connectivity index (χ0n) is 28.5. The molecule has 0 bridgehead atoms. The van der Waals surface area contributed by atoms with Crippen LogP contribution in [0.1, 0.15) is 64.9 Å². The van der Waals surface area contributed by atoms with Crippen molar-refractivity contribution in [1.29, 1.82) is 0 Å². The molecule has 1 aromatic carbocycles. The molecule has 0 aliphatic heterocycles. The molecule has 0 heterocycles. The van der Waals surface area contributed by atoms with E-state index in [1.807, 2.05) is 13.8 Å². The summed E-state index contributed by atoms with van der Waals surface area (Å²) in [6.07, 6.45) is 4.58. The van der Waals surface area contributed by atoms with Crippen LogP contribution in [0.25, 0.3) is 0 Å². The van der Waals surface area contributed by atoms with Gasteiger partial charge in [0, 0.05) is 17.3 Å². The number of unbranched alkanes of at least 4 members (excludes halogenated alkanes) is 1. The number of nitrogens with two attached hydrogens (primary N) is 1. The number of alkyl halides is 1. The molecule has 13 nitrogen and oxygen atoms in total. The number of aliphatic hydroxyl groups is 1. The number of fused-ring (bicyclic) bond motifs is 5. The van der Waals surface area contributed by atoms with Crippen LogP contribution in [0.2, 0.25) is 0 Å². The standard InChI is InChI=1S/C36H45FN2O11/c1-21-16-27-26-11-8-23-18-24(40)12-13-35(23,3)36(26,37)30(42)19-34(27,2)31(21)29(41)20-48-33(44)50-25-9-6-22(7-10-25)17-28(38)32(43)47-14-4-5-15-49-39(45)46/h6-7,9-10,12-13,18,21,26-28,30-31,42H,4-5,8,11,14-17,19-20,38H2,1-3H3/t21-,26?,27?,28-,30-,31?,34+,35-,36-/m0/s1. The first kappa shape index (κ1) is 37.1. The van der Waals surface area contributed by atoms with Crippen molar-refractivity contribution in [3.8, 4) is 5.75 Å². The van der Waals surface area contributed by atoms with E-state index >= 15 is 4.39 Å². The third-order valence-electron chi connectivity index (χ3n) is 11.5. The van der Waals surface area contributed by atoms with Crippen LogP contribution in [0.15, 0.2) is 48.1 Å². The molecule has 4 aliphatic rings. The molecule has 4 aliphatic carbocycles. The summed E-state index contributed by atoms with van der Waals surface area (Å²) in [5.74, 6) is -2.38. The van der Waals surface area contributed by atoms with Crippen LogP contribution in [0.4, 0.5) is 9.18 Å². The molecular weight excluding hydrogens is 655 g/mol. The Morgan fingerprint density at radius 1 is 1.12 bits per heavy atom. The first-order chi connectivity index (χ1) is 23.6. The summed E-state index contributed by atoms with van der Waals surface area (Å²) in [6.45, 7) is 5.05. The molecule has 3 saturated carbocycles. The first-order valence-corrected chi connectivity index (χ1v) is 17.1. The lowest BCUT2D eigenvalue weighted by Crippen LogP contribution is -2.66. The highest BCUT2D eigenvalue weighted by molar-refractivity contribution is 6.01. The molecule has 0 aromatic heterocycles. The smallest absolute Gasteiger partial charge is 0.465 e. The minimum absolute atomic E-state index is 0.0468. The average molecular weight is 701 g/mol. The molecular formula is C36H45FN2O11. The first-order valence-electron chi connectivity index (χ1n) is 17.1. The molecule has 14 heteroatoms. The topological polar surface area (TPSA) is 195 Å². The number of rotatable bonds is 13. The summed E-state index contributed by atoms with van der Waals surface area (Å²) in [5.41, 5.74) is 3.49. The third-order valence-corrected chi connectivity index (χ3v) is 11.5. The molecule has 3 fully saturated rings. The number of hydrogen-bond donors (Lipinski definition) is 2. The second kappa shape index (κ2) is 14.6. The van der Waals surface area contributed by atoms with Gasteiger partial charge in [0.05, 0.1) is 19.3 Å². The normalized spacial score (nSPS) is 33.2. The van der Waals surface area contributed by atoms with Crippen molar-refractivity contribution in [2.24, 2.45) is 40.2 Å². The van der Waals surface area contributed by atoms with E-state index in [9.17, 15) is 34.4 Å². The maximum Gasteiger partial charge on any atom is 0.514 e. The Morgan fingerprint density at radius 3 is 2.52 bits per heavy atom. The molecule has 1 aromatic rings. The largest absolute Gasteiger partial charge is 0.514 e. The fourth-order valence-corrected chi connectivity index (χ4v) is 9.26. The van der Waals surface area contributed by atoms with Gasteiger partial charge in [-0.15, -0.1) is 10.1 Å². The third kappa shape index (κ3) is 7.05. The number of benzene rings is 1. The minimum Gasteiger partial charge on any atom is -0.465 e. The van der Waals surface area contributed by atoms with Gasteiger partial charge in [-0.05, 0) is 99.0 Å². The monoisotopic (exact) mass is 700 g/mol. The highest BCUT2D eigenvalue weighted by Crippen LogP contribution is 2.69. The van der Waals surface area contributed by atoms with Gasteiger partial charge in [-0.25, -0.2) is 9.18 Å². The van der Waals surface area contributed by atoms with Crippen molar-refractivity contribution in [3.05, 3.63) is 63.7 Å². The van der Waals surface area contributed by atoms with Gasteiger partial charge < -0.3 is 29.9 Å². The van der Waals surface area contributed by atoms with Gasteiger partial charge >= 0.3 is 12.1 Å². The Morgan fingerprint density at radius 2 is 1.82 bits per heavy atom. The fourth-order valence-electron chi connectivity index (χ4n) is 9.26. The van der Waals surface area contributed by atoms with Crippen molar-refractivity contribution >= 4 is 23.7 Å². The van der Waals surface area contributed by atoms with Crippen LogP contribution in [0, 0.1) is 44.6 Å². The number of ether oxygens (including phenoxy) is 3. The molecule has 0 radical (unpaired) electrons. The molecule has 9 atom stereocenters. The van der Waals surface area contributed by atoms with E-state index in [1.165, 1.54) is 24.3 Å². The average Bonchev–Trinajstić information content (AvgIpc) is 3.32. The molecule has 5 rings (SSSR count). The molecule has 0 spiro atoms. The highest BCUT2D eigenvalue weighted by Gasteiger charge is 2.71. The number of carbonyl (C=O) groups is 4. The van der Waals surface area contributed by atoms with E-state index in [2.05, 4.69) is 4.84 Å². The van der Waals surface area contributed by atoms with Gasteiger partial charge in [0.25, 0.3) is 5.09 Å². The molecule has 0 saturated heterocycles. The number of esters is 1. The number of hydrogen-bond acceptors (Lipinski definition) is 12. The maximum atomic E-state index is 17.3. The Balaban J connectivity index is 1.12. The second-order valence-electron chi connectivity index (χ2n) is 14.5. The predicted octanol–water partition coefficient (Wildman–Crippen LogP) is 4.41. The van der Waals surface area contributed by atoms with E-state index in [-0.39, 0.29) is 55.2 Å². The Hall–Kier alpha value is -4.17. The number of Topliss-reactive ketones (excluding diaryl/α,β-unsaturated/α-hetero) is 1. The van der Waals surface area contributed by atoms with Crippen molar-refractivity contribution in [2.75, 3.05) is 19.8 Å². The fraction of sp³-hybridized carbons (Fsp3) is 0.611. The number of aliphatic hydroxyl groups excluding tert-OH is 1. The summed E-state index contributed by atoms with van der Waals surface area (Å²) >= 11 is 0. The van der Waals surface area contributed by atoms with Gasteiger partial charge in [0.15, 0.2) is 23.8 Å². The van der Waals surface area contributed by atoms with Gasteiger partial charge in [-0.3, -0.25) is 14.4 Å². The van der Waals surface area contributed by atoms with E-state index < -0.39 is 64.3 Å². The number of halogens is 1. The van der Waals surface area contributed by atoms with E-state index in [0.717, 1.165) is 0 Å². The van der Waals surface area contributed by atoms with Crippen molar-refractivity contribution in [3.63, 3.8) is 0 Å². The Bertz CT molecular complexity index is 1560. The predicted molar refractivity (Wildman–Crippen MR) is 175 cm³/mol. The summed E-state index contributed by atoms with van der Waals surface area (Å²) < 4.78 is 32.9. The number of nitrogens with zero attached hydrogens (tertiary/aromatic N) is 1.